The zero-order valence-electron chi connectivity index (χ0n) is 16.7. The zero-order valence-corrected chi connectivity index (χ0v) is 16.7. The summed E-state index contributed by atoms with van der Waals surface area (Å²) in [6.45, 7) is 2.25. The summed E-state index contributed by atoms with van der Waals surface area (Å²) < 4.78 is 44.3. The number of ether oxygens (including phenoxy) is 1. The van der Waals surface area contributed by atoms with E-state index >= 15 is 0 Å². The average Bonchev–Trinajstić information content (AvgIpc) is 3.26. The van der Waals surface area contributed by atoms with Gasteiger partial charge in [0.25, 0.3) is 0 Å². The first-order chi connectivity index (χ1) is 14.4. The first-order valence-electron chi connectivity index (χ1n) is 10.3. The first-order valence-corrected chi connectivity index (χ1v) is 10.3. The monoisotopic (exact) mass is 415 g/mol. The molecule has 2 heterocycles. The highest BCUT2D eigenvalue weighted by molar-refractivity contribution is 5.63. The van der Waals surface area contributed by atoms with Gasteiger partial charge in [-0.1, -0.05) is 13.3 Å². The summed E-state index contributed by atoms with van der Waals surface area (Å²) in [6, 6.07) is 11.3. The van der Waals surface area contributed by atoms with Crippen molar-refractivity contribution in [2.24, 2.45) is 5.92 Å². The Kier molecular flexibility index (Phi) is 5.79. The summed E-state index contributed by atoms with van der Waals surface area (Å²) in [7, 11) is 0. The molecule has 1 aromatic carbocycles. The number of alkyl halides is 3. The maximum absolute atomic E-state index is 12.7. The van der Waals surface area contributed by atoms with Crippen LogP contribution in [0.2, 0.25) is 0 Å². The molecule has 0 saturated heterocycles. The highest BCUT2D eigenvalue weighted by atomic mass is 19.4. The summed E-state index contributed by atoms with van der Waals surface area (Å²) in [6.07, 6.45) is 4.06. The van der Waals surface area contributed by atoms with Crippen molar-refractivity contribution in [3.8, 4) is 28.4 Å². The lowest BCUT2D eigenvalue weighted by Gasteiger charge is -2.28. The Labute approximate surface area is 173 Å². The number of rotatable bonds is 5. The minimum absolute atomic E-state index is 0.142. The summed E-state index contributed by atoms with van der Waals surface area (Å²) in [5.41, 5.74) is 1.27. The van der Waals surface area contributed by atoms with Crippen molar-refractivity contribution in [1.82, 2.24) is 15.0 Å². The van der Waals surface area contributed by atoms with Crippen LogP contribution in [0.15, 0.2) is 48.8 Å². The van der Waals surface area contributed by atoms with Crippen LogP contribution in [-0.2, 0) is 6.18 Å². The predicted molar refractivity (Wildman–Crippen MR) is 109 cm³/mol. The van der Waals surface area contributed by atoms with Gasteiger partial charge in [-0.3, -0.25) is 4.98 Å². The predicted octanol–water partition coefficient (Wildman–Crippen LogP) is 6.51. The molecule has 1 aliphatic rings. The molecule has 1 fully saturated rings. The van der Waals surface area contributed by atoms with E-state index in [1.54, 1.807) is 12.1 Å². The molecular formula is C23H24F3N3O. The fourth-order valence-electron chi connectivity index (χ4n) is 3.87. The molecule has 0 atom stereocenters. The normalized spacial score (nSPS) is 19.6. The molecule has 0 bridgehead atoms. The molecule has 1 saturated carbocycles. The fourth-order valence-corrected chi connectivity index (χ4v) is 3.87. The van der Waals surface area contributed by atoms with Crippen LogP contribution >= 0.6 is 0 Å². The van der Waals surface area contributed by atoms with E-state index in [2.05, 4.69) is 21.9 Å². The van der Waals surface area contributed by atoms with E-state index in [0.29, 0.717) is 5.56 Å². The Morgan fingerprint density at radius 3 is 2.20 bits per heavy atom. The van der Waals surface area contributed by atoms with Crippen LogP contribution in [0.4, 0.5) is 13.2 Å². The van der Waals surface area contributed by atoms with Crippen molar-refractivity contribution in [3.63, 3.8) is 0 Å². The molecule has 4 rings (SSSR count). The minimum Gasteiger partial charge on any atom is -0.490 e. The number of nitrogens with one attached hydrogen (secondary N) is 1. The van der Waals surface area contributed by atoms with E-state index in [1.807, 2.05) is 24.3 Å². The molecular weight excluding hydrogens is 391 g/mol. The summed E-state index contributed by atoms with van der Waals surface area (Å²) in [5.74, 6) is 1.83. The van der Waals surface area contributed by atoms with Gasteiger partial charge in [0.05, 0.1) is 18.0 Å². The number of H-pyrrole nitrogens is 1. The zero-order chi connectivity index (χ0) is 21.1. The second-order valence-electron chi connectivity index (χ2n) is 7.77. The van der Waals surface area contributed by atoms with Crippen LogP contribution in [0.25, 0.3) is 22.6 Å². The second kappa shape index (κ2) is 8.50. The van der Waals surface area contributed by atoms with Crippen LogP contribution in [0.1, 0.15) is 44.7 Å². The van der Waals surface area contributed by atoms with E-state index in [1.165, 1.54) is 25.5 Å². The van der Waals surface area contributed by atoms with Gasteiger partial charge in [0, 0.05) is 17.3 Å². The van der Waals surface area contributed by atoms with Crippen molar-refractivity contribution >= 4 is 0 Å². The largest absolute Gasteiger partial charge is 0.490 e. The number of pyridine rings is 1. The first kappa shape index (κ1) is 20.4. The molecule has 30 heavy (non-hydrogen) atoms. The van der Waals surface area contributed by atoms with E-state index in [4.69, 9.17) is 4.74 Å². The second-order valence-corrected chi connectivity index (χ2v) is 7.77. The summed E-state index contributed by atoms with van der Waals surface area (Å²) >= 11 is 0. The van der Waals surface area contributed by atoms with Gasteiger partial charge in [-0.25, -0.2) is 4.98 Å². The Balaban J connectivity index is 1.40. The third-order valence-electron chi connectivity index (χ3n) is 5.74. The SMILES string of the molecule is CCC1CCC(Oc2ccc(-c3ccc(-c4ncc(C(F)(F)F)[nH]4)cn3)cc2)CC1. The lowest BCUT2D eigenvalue weighted by molar-refractivity contribution is -0.140. The van der Waals surface area contributed by atoms with E-state index in [0.717, 1.165) is 42.0 Å². The Morgan fingerprint density at radius 1 is 0.933 bits per heavy atom. The topological polar surface area (TPSA) is 50.8 Å². The van der Waals surface area contributed by atoms with E-state index in [9.17, 15) is 13.2 Å². The molecule has 0 amide bonds. The van der Waals surface area contributed by atoms with Crippen molar-refractivity contribution < 1.29 is 17.9 Å². The maximum atomic E-state index is 12.7. The Bertz CT molecular complexity index is 957. The minimum atomic E-state index is -4.45. The van der Waals surface area contributed by atoms with Gasteiger partial charge in [-0.05, 0) is 68.0 Å². The molecule has 0 unspecified atom stereocenters. The number of hydrogen-bond donors (Lipinski definition) is 1. The third kappa shape index (κ3) is 4.66. The van der Waals surface area contributed by atoms with Crippen molar-refractivity contribution in [3.05, 3.63) is 54.5 Å². The Hall–Kier alpha value is -2.83. The summed E-state index contributed by atoms with van der Waals surface area (Å²) in [5, 5.41) is 0. The van der Waals surface area contributed by atoms with Crippen LogP contribution in [0.3, 0.4) is 0 Å². The van der Waals surface area contributed by atoms with Gasteiger partial charge in [-0.2, -0.15) is 13.2 Å². The lowest BCUT2D eigenvalue weighted by atomic mass is 9.86. The number of nitrogens with zero attached hydrogens (tertiary/aromatic N) is 2. The van der Waals surface area contributed by atoms with Crippen LogP contribution in [0.5, 0.6) is 5.75 Å². The molecule has 1 aliphatic carbocycles. The van der Waals surface area contributed by atoms with E-state index in [-0.39, 0.29) is 11.9 Å². The highest BCUT2D eigenvalue weighted by Crippen LogP contribution is 2.31. The quantitative estimate of drug-likeness (QED) is 0.517. The molecule has 158 valence electrons. The number of imidazole rings is 1. The maximum Gasteiger partial charge on any atom is 0.432 e. The fraction of sp³-hybridized carbons (Fsp3) is 0.391. The number of aromatic nitrogens is 3. The molecule has 7 heteroatoms. The molecule has 3 aromatic rings. The van der Waals surface area contributed by atoms with Gasteiger partial charge in [-0.15, -0.1) is 0 Å². The van der Waals surface area contributed by atoms with Crippen LogP contribution in [0, 0.1) is 5.92 Å². The van der Waals surface area contributed by atoms with Gasteiger partial charge in [0.1, 0.15) is 17.3 Å². The highest BCUT2D eigenvalue weighted by Gasteiger charge is 2.33. The molecule has 0 radical (unpaired) electrons. The molecule has 4 nitrogen and oxygen atoms in total. The number of aromatic amines is 1. The smallest absolute Gasteiger partial charge is 0.432 e. The van der Waals surface area contributed by atoms with Gasteiger partial charge >= 0.3 is 6.18 Å². The molecule has 2 aromatic heterocycles. The van der Waals surface area contributed by atoms with E-state index < -0.39 is 11.9 Å². The number of benzene rings is 1. The Morgan fingerprint density at radius 2 is 1.63 bits per heavy atom. The van der Waals surface area contributed by atoms with Crippen LogP contribution < -0.4 is 4.74 Å². The number of hydrogen-bond acceptors (Lipinski definition) is 3. The average molecular weight is 415 g/mol. The number of halogens is 3. The van der Waals surface area contributed by atoms with Gasteiger partial charge in [0.2, 0.25) is 0 Å². The van der Waals surface area contributed by atoms with Gasteiger partial charge in [0.15, 0.2) is 0 Å². The molecule has 0 aliphatic heterocycles. The van der Waals surface area contributed by atoms with Crippen molar-refractivity contribution in [2.75, 3.05) is 0 Å². The third-order valence-corrected chi connectivity index (χ3v) is 5.74. The van der Waals surface area contributed by atoms with Crippen molar-refractivity contribution in [1.29, 1.82) is 0 Å². The lowest BCUT2D eigenvalue weighted by Crippen LogP contribution is -2.23. The van der Waals surface area contributed by atoms with Gasteiger partial charge < -0.3 is 9.72 Å². The molecule has 1 N–H and O–H groups in total. The van der Waals surface area contributed by atoms with Crippen LogP contribution in [-0.4, -0.2) is 21.1 Å². The summed E-state index contributed by atoms with van der Waals surface area (Å²) in [4.78, 5) is 10.5. The van der Waals surface area contributed by atoms with Crippen molar-refractivity contribution in [2.45, 2.75) is 51.3 Å². The molecule has 0 spiro atoms. The standard InChI is InChI=1S/C23H24F3N3O/c1-2-15-3-8-18(9-4-15)30-19-10-5-16(6-11-19)20-12-7-17(13-27-20)22-28-14-21(29-22)23(24,25)26/h5-7,10-15,18H,2-4,8-9H2,1H3,(H,28,29).